The summed E-state index contributed by atoms with van der Waals surface area (Å²) >= 11 is 0. The van der Waals surface area contributed by atoms with Gasteiger partial charge >= 0.3 is 0 Å². The van der Waals surface area contributed by atoms with Crippen molar-refractivity contribution in [3.05, 3.63) is 0 Å². The number of terminal acetylenes is 1. The van der Waals surface area contributed by atoms with Crippen molar-refractivity contribution < 1.29 is 4.74 Å². The molecule has 0 spiro atoms. The maximum Gasteiger partial charge on any atom is 0.0503 e. The van der Waals surface area contributed by atoms with Crippen molar-refractivity contribution in [1.82, 2.24) is 5.32 Å². The van der Waals surface area contributed by atoms with Crippen molar-refractivity contribution in [3.63, 3.8) is 0 Å². The van der Waals surface area contributed by atoms with Gasteiger partial charge in [0, 0.05) is 32.7 Å². The molecular formula is C10H20N2O. The van der Waals surface area contributed by atoms with E-state index in [2.05, 4.69) is 18.2 Å². The highest BCUT2D eigenvalue weighted by atomic mass is 16.5. The molecule has 0 rings (SSSR count). The molecule has 3 nitrogen and oxygen atoms in total. The van der Waals surface area contributed by atoms with E-state index in [4.69, 9.17) is 16.9 Å². The van der Waals surface area contributed by atoms with Gasteiger partial charge < -0.3 is 15.8 Å². The van der Waals surface area contributed by atoms with Gasteiger partial charge in [-0.1, -0.05) is 6.92 Å². The lowest BCUT2D eigenvalue weighted by molar-refractivity contribution is 0.140. The van der Waals surface area contributed by atoms with E-state index in [1.54, 1.807) is 7.11 Å². The van der Waals surface area contributed by atoms with Crippen LogP contribution in [0.4, 0.5) is 0 Å². The van der Waals surface area contributed by atoms with Gasteiger partial charge in [0.1, 0.15) is 0 Å². The summed E-state index contributed by atoms with van der Waals surface area (Å²) < 4.78 is 5.06. The summed E-state index contributed by atoms with van der Waals surface area (Å²) in [6, 6.07) is 0.299. The predicted molar refractivity (Wildman–Crippen MR) is 55.3 cm³/mol. The van der Waals surface area contributed by atoms with E-state index in [1.807, 2.05) is 0 Å². The van der Waals surface area contributed by atoms with Gasteiger partial charge in [0.05, 0.1) is 6.61 Å². The van der Waals surface area contributed by atoms with Gasteiger partial charge in [0.25, 0.3) is 0 Å². The Balaban J connectivity index is 3.67. The number of hydrogen-bond donors (Lipinski definition) is 2. The number of rotatable bonds is 7. The molecule has 3 heteroatoms. The molecule has 0 aromatic carbocycles. The summed E-state index contributed by atoms with van der Waals surface area (Å²) in [4.78, 5) is 0. The van der Waals surface area contributed by atoms with Crippen LogP contribution in [-0.4, -0.2) is 32.8 Å². The van der Waals surface area contributed by atoms with E-state index in [0.29, 0.717) is 18.5 Å². The minimum atomic E-state index is 0.299. The fourth-order valence-electron chi connectivity index (χ4n) is 1.23. The van der Waals surface area contributed by atoms with Gasteiger partial charge in [-0.05, 0) is 5.92 Å². The molecule has 0 fully saturated rings. The second-order valence-electron chi connectivity index (χ2n) is 3.18. The van der Waals surface area contributed by atoms with Gasteiger partial charge in [-0.15, -0.1) is 12.3 Å². The summed E-state index contributed by atoms with van der Waals surface area (Å²) in [5, 5.41) is 3.31. The van der Waals surface area contributed by atoms with Gasteiger partial charge in [0.2, 0.25) is 0 Å². The molecule has 0 aliphatic carbocycles. The number of nitrogens with two attached hydrogens (primary N) is 1. The quantitative estimate of drug-likeness (QED) is 0.439. The first-order chi connectivity index (χ1) is 6.26. The minimum absolute atomic E-state index is 0.299. The molecule has 0 heterocycles. The lowest BCUT2D eigenvalue weighted by atomic mass is 10.0. The van der Waals surface area contributed by atoms with Crippen LogP contribution in [0, 0.1) is 18.3 Å². The molecule has 2 atom stereocenters. The zero-order valence-electron chi connectivity index (χ0n) is 8.55. The first-order valence-electron chi connectivity index (χ1n) is 4.62. The molecule has 0 aliphatic heterocycles. The zero-order chi connectivity index (χ0) is 10.1. The first-order valence-corrected chi connectivity index (χ1v) is 4.62. The molecule has 2 unspecified atom stereocenters. The number of methoxy groups -OCH3 is 1. The van der Waals surface area contributed by atoms with E-state index >= 15 is 0 Å². The predicted octanol–water partition coefficient (Wildman–Crippen LogP) is 0.209. The van der Waals surface area contributed by atoms with Crippen molar-refractivity contribution in [2.45, 2.75) is 19.4 Å². The Hall–Kier alpha value is -0.560. The highest BCUT2D eigenvalue weighted by molar-refractivity contribution is 4.85. The summed E-state index contributed by atoms with van der Waals surface area (Å²) in [6.07, 6.45) is 5.89. The van der Waals surface area contributed by atoms with E-state index in [9.17, 15) is 0 Å². The van der Waals surface area contributed by atoms with Crippen LogP contribution in [0.1, 0.15) is 13.3 Å². The number of nitrogens with one attached hydrogen (secondary N) is 1. The maximum atomic E-state index is 5.62. The Labute approximate surface area is 81.0 Å². The highest BCUT2D eigenvalue weighted by Gasteiger charge is 2.13. The Morgan fingerprint density at radius 3 is 2.77 bits per heavy atom. The Morgan fingerprint density at radius 2 is 2.31 bits per heavy atom. The molecule has 3 N–H and O–H groups in total. The van der Waals surface area contributed by atoms with Crippen LogP contribution in [0.5, 0.6) is 0 Å². The largest absolute Gasteiger partial charge is 0.384 e. The smallest absolute Gasteiger partial charge is 0.0503 e. The SMILES string of the molecule is C#CCCNC(CN)C(C)COC. The van der Waals surface area contributed by atoms with Crippen molar-refractivity contribution in [2.75, 3.05) is 26.8 Å². The molecule has 0 aromatic heterocycles. The first kappa shape index (κ1) is 12.4. The van der Waals surface area contributed by atoms with Crippen molar-refractivity contribution in [3.8, 4) is 12.3 Å². The van der Waals surface area contributed by atoms with Crippen LogP contribution in [0.2, 0.25) is 0 Å². The molecule has 0 radical (unpaired) electrons. The molecule has 0 aliphatic rings. The molecular weight excluding hydrogens is 164 g/mol. The Bertz CT molecular complexity index is 153. The molecule has 0 saturated heterocycles. The lowest BCUT2D eigenvalue weighted by Gasteiger charge is -2.22. The van der Waals surface area contributed by atoms with Gasteiger partial charge in [-0.25, -0.2) is 0 Å². The monoisotopic (exact) mass is 184 g/mol. The summed E-state index contributed by atoms with van der Waals surface area (Å²) in [6.45, 7) is 4.29. The van der Waals surface area contributed by atoms with Crippen LogP contribution >= 0.6 is 0 Å². The second kappa shape index (κ2) is 8.06. The van der Waals surface area contributed by atoms with Gasteiger partial charge in [-0.2, -0.15) is 0 Å². The fourth-order valence-corrected chi connectivity index (χ4v) is 1.23. The molecule has 0 aromatic rings. The second-order valence-corrected chi connectivity index (χ2v) is 3.18. The normalized spacial score (nSPS) is 14.9. The average molecular weight is 184 g/mol. The average Bonchev–Trinajstić information content (AvgIpc) is 2.13. The van der Waals surface area contributed by atoms with Crippen molar-refractivity contribution in [2.24, 2.45) is 11.7 Å². The molecule has 0 bridgehead atoms. The zero-order valence-corrected chi connectivity index (χ0v) is 8.55. The standard InChI is InChI=1S/C10H20N2O/c1-4-5-6-12-10(7-11)9(2)8-13-3/h1,9-10,12H,5-8,11H2,2-3H3. The number of ether oxygens (including phenoxy) is 1. The molecule has 0 amide bonds. The van der Waals surface area contributed by atoms with E-state index < -0.39 is 0 Å². The minimum Gasteiger partial charge on any atom is -0.384 e. The third-order valence-electron chi connectivity index (χ3n) is 2.05. The Kier molecular flexibility index (Phi) is 7.71. The molecule has 0 saturated carbocycles. The van der Waals surface area contributed by atoms with Crippen molar-refractivity contribution in [1.29, 1.82) is 0 Å². The van der Waals surface area contributed by atoms with Crippen LogP contribution < -0.4 is 11.1 Å². The highest BCUT2D eigenvalue weighted by Crippen LogP contribution is 2.01. The lowest BCUT2D eigenvalue weighted by Crippen LogP contribution is -2.43. The summed E-state index contributed by atoms with van der Waals surface area (Å²) in [7, 11) is 1.70. The van der Waals surface area contributed by atoms with E-state index in [1.165, 1.54) is 0 Å². The third-order valence-corrected chi connectivity index (χ3v) is 2.05. The van der Waals surface area contributed by atoms with Crippen molar-refractivity contribution >= 4 is 0 Å². The Morgan fingerprint density at radius 1 is 1.62 bits per heavy atom. The van der Waals surface area contributed by atoms with Crippen LogP contribution in [-0.2, 0) is 4.74 Å². The topological polar surface area (TPSA) is 47.3 Å². The molecule has 13 heavy (non-hydrogen) atoms. The maximum absolute atomic E-state index is 5.62. The van der Waals surface area contributed by atoms with Crippen LogP contribution in [0.15, 0.2) is 0 Å². The van der Waals surface area contributed by atoms with Gasteiger partial charge in [-0.3, -0.25) is 0 Å². The summed E-state index contributed by atoms with van der Waals surface area (Å²) in [5.41, 5.74) is 5.62. The fraction of sp³-hybridized carbons (Fsp3) is 0.800. The molecule has 76 valence electrons. The van der Waals surface area contributed by atoms with Crippen LogP contribution in [0.3, 0.4) is 0 Å². The summed E-state index contributed by atoms with van der Waals surface area (Å²) in [5.74, 6) is 3.01. The van der Waals surface area contributed by atoms with E-state index in [0.717, 1.165) is 19.6 Å². The number of hydrogen-bond acceptors (Lipinski definition) is 3. The van der Waals surface area contributed by atoms with Crippen LogP contribution in [0.25, 0.3) is 0 Å². The van der Waals surface area contributed by atoms with Gasteiger partial charge in [0.15, 0.2) is 0 Å². The third kappa shape index (κ3) is 5.64. The van der Waals surface area contributed by atoms with E-state index in [-0.39, 0.29) is 0 Å².